The van der Waals surface area contributed by atoms with Gasteiger partial charge in [0.25, 0.3) is 0 Å². The summed E-state index contributed by atoms with van der Waals surface area (Å²) in [4.78, 5) is 29.5. The van der Waals surface area contributed by atoms with Crippen molar-refractivity contribution in [3.8, 4) is 0 Å². The molecule has 0 aliphatic heterocycles. The summed E-state index contributed by atoms with van der Waals surface area (Å²) in [6.45, 7) is 1.46. The van der Waals surface area contributed by atoms with Gasteiger partial charge in [0.05, 0.1) is 11.9 Å². The molecule has 9 heteroatoms. The van der Waals surface area contributed by atoms with E-state index >= 15 is 0 Å². The molecule has 0 radical (unpaired) electrons. The van der Waals surface area contributed by atoms with Crippen LogP contribution in [0.25, 0.3) is 0 Å². The summed E-state index contributed by atoms with van der Waals surface area (Å²) in [6, 6.07) is 22.9. The van der Waals surface area contributed by atoms with Crippen LogP contribution in [-0.2, 0) is 32.6 Å². The fourth-order valence-corrected chi connectivity index (χ4v) is 6.31. The summed E-state index contributed by atoms with van der Waals surface area (Å²) >= 11 is 6.26. The van der Waals surface area contributed by atoms with Crippen LogP contribution in [0.3, 0.4) is 0 Å². The van der Waals surface area contributed by atoms with Crippen LogP contribution in [0, 0.1) is 6.92 Å². The van der Waals surface area contributed by atoms with Crippen molar-refractivity contribution < 1.29 is 18.0 Å². The quantitative estimate of drug-likeness (QED) is 0.341. The predicted molar refractivity (Wildman–Crippen MR) is 160 cm³/mol. The van der Waals surface area contributed by atoms with Crippen molar-refractivity contribution in [3.05, 3.63) is 101 Å². The Hall–Kier alpha value is -3.36. The van der Waals surface area contributed by atoms with Crippen LogP contribution >= 0.6 is 11.6 Å². The number of halogens is 1. The molecule has 1 N–H and O–H groups in total. The minimum Gasteiger partial charge on any atom is -0.352 e. The number of rotatable bonds is 11. The summed E-state index contributed by atoms with van der Waals surface area (Å²) in [7, 11) is -3.81. The van der Waals surface area contributed by atoms with E-state index in [2.05, 4.69) is 5.32 Å². The molecule has 0 spiro atoms. The molecule has 1 atom stereocenters. The van der Waals surface area contributed by atoms with Gasteiger partial charge in [-0.05, 0) is 54.7 Å². The molecule has 4 rings (SSSR count). The van der Waals surface area contributed by atoms with Gasteiger partial charge in [-0.1, -0.05) is 85.1 Å². The molecule has 0 bridgehead atoms. The highest BCUT2D eigenvalue weighted by Gasteiger charge is 2.34. The number of carbonyl (C=O) groups is 2. The van der Waals surface area contributed by atoms with Crippen molar-refractivity contribution in [2.75, 3.05) is 17.1 Å². The third kappa shape index (κ3) is 7.86. The standard InChI is InChI=1S/C31H36ClN3O4S/c1-23-11-6-9-18-28(23)35(40(2,38)39)22-30(36)34(21-25-14-10-15-26(32)19-25)29(20-24-12-4-3-5-13-24)31(37)33-27-16-7-8-17-27/h3-6,9-15,18-19,27,29H,7-8,16-17,20-22H2,1-2H3,(H,33,37)/t29-/m0/s1. The first kappa shape index (κ1) is 29.6. The number of sulfonamides is 1. The van der Waals surface area contributed by atoms with Crippen LogP contribution < -0.4 is 9.62 Å². The average Bonchev–Trinajstić information content (AvgIpc) is 3.43. The number of amides is 2. The van der Waals surface area contributed by atoms with Crippen LogP contribution in [0.4, 0.5) is 5.69 Å². The molecule has 212 valence electrons. The summed E-state index contributed by atoms with van der Waals surface area (Å²) in [5.74, 6) is -0.718. The molecule has 7 nitrogen and oxygen atoms in total. The number of nitrogens with one attached hydrogen (secondary N) is 1. The fourth-order valence-electron chi connectivity index (χ4n) is 5.19. The van der Waals surface area contributed by atoms with Crippen LogP contribution in [0.1, 0.15) is 42.4 Å². The number of hydrogen-bond donors (Lipinski definition) is 1. The van der Waals surface area contributed by atoms with E-state index < -0.39 is 28.5 Å². The Morgan fingerprint density at radius 1 is 0.950 bits per heavy atom. The van der Waals surface area contributed by atoms with Crippen LogP contribution in [0.2, 0.25) is 5.02 Å². The summed E-state index contributed by atoms with van der Waals surface area (Å²) in [5.41, 5.74) is 2.80. The van der Waals surface area contributed by atoms with Crippen LogP contribution in [0.5, 0.6) is 0 Å². The van der Waals surface area contributed by atoms with E-state index in [0.29, 0.717) is 10.7 Å². The lowest BCUT2D eigenvalue weighted by Gasteiger charge is -2.34. The first-order valence-electron chi connectivity index (χ1n) is 13.5. The van der Waals surface area contributed by atoms with E-state index in [1.807, 2.05) is 42.5 Å². The van der Waals surface area contributed by atoms with E-state index in [-0.39, 0.29) is 24.9 Å². The van der Waals surface area contributed by atoms with Crippen molar-refractivity contribution in [2.24, 2.45) is 0 Å². The van der Waals surface area contributed by atoms with Gasteiger partial charge in [0, 0.05) is 24.0 Å². The van der Waals surface area contributed by atoms with Gasteiger partial charge in [-0.25, -0.2) is 8.42 Å². The Labute approximate surface area is 242 Å². The molecular formula is C31H36ClN3O4S. The highest BCUT2D eigenvalue weighted by molar-refractivity contribution is 7.92. The molecule has 1 saturated carbocycles. The van der Waals surface area contributed by atoms with Crippen LogP contribution in [-0.4, -0.2) is 50.0 Å². The highest BCUT2D eigenvalue weighted by atomic mass is 35.5. The second-order valence-corrected chi connectivity index (χ2v) is 12.7. The van der Waals surface area contributed by atoms with E-state index in [9.17, 15) is 18.0 Å². The first-order valence-corrected chi connectivity index (χ1v) is 15.8. The SMILES string of the molecule is Cc1ccccc1N(CC(=O)N(Cc1cccc(Cl)c1)[C@@H](Cc1ccccc1)C(=O)NC1CCCC1)S(C)(=O)=O. The minimum atomic E-state index is -3.81. The molecule has 1 aliphatic carbocycles. The Kier molecular flexibility index (Phi) is 9.87. The number of hydrogen-bond acceptors (Lipinski definition) is 4. The molecule has 40 heavy (non-hydrogen) atoms. The van der Waals surface area contributed by atoms with Crippen LogP contribution in [0.15, 0.2) is 78.9 Å². The van der Waals surface area contributed by atoms with Gasteiger partial charge < -0.3 is 10.2 Å². The molecule has 0 aromatic heterocycles. The highest BCUT2D eigenvalue weighted by Crippen LogP contribution is 2.24. The van der Waals surface area contributed by atoms with E-state index in [1.54, 1.807) is 43.3 Å². The van der Waals surface area contributed by atoms with Gasteiger partial charge in [-0.2, -0.15) is 0 Å². The molecule has 2 amide bonds. The molecule has 3 aromatic rings. The van der Waals surface area contributed by atoms with E-state index in [4.69, 9.17) is 11.6 Å². The molecule has 0 saturated heterocycles. The molecule has 1 aliphatic rings. The van der Waals surface area contributed by atoms with Gasteiger partial charge >= 0.3 is 0 Å². The van der Waals surface area contributed by atoms with E-state index in [1.165, 1.54) is 4.90 Å². The summed E-state index contributed by atoms with van der Waals surface area (Å²) in [5, 5.41) is 3.68. The normalized spacial score (nSPS) is 14.5. The Morgan fingerprint density at radius 2 is 1.60 bits per heavy atom. The zero-order valence-corrected chi connectivity index (χ0v) is 24.5. The van der Waals surface area contributed by atoms with Gasteiger partial charge in [-0.15, -0.1) is 0 Å². The molecule has 0 heterocycles. The van der Waals surface area contributed by atoms with Crippen molar-refractivity contribution in [3.63, 3.8) is 0 Å². The fraction of sp³-hybridized carbons (Fsp3) is 0.355. The molecule has 0 unspecified atom stereocenters. The van der Waals surface area contributed by atoms with Crippen molar-refractivity contribution in [1.82, 2.24) is 10.2 Å². The molecule has 1 fully saturated rings. The third-order valence-corrected chi connectivity index (χ3v) is 8.64. The lowest BCUT2D eigenvalue weighted by Crippen LogP contribution is -2.54. The lowest BCUT2D eigenvalue weighted by atomic mass is 10.0. The number of aryl methyl sites for hydroxylation is 1. The average molecular weight is 582 g/mol. The number of para-hydroxylation sites is 1. The number of nitrogens with zero attached hydrogens (tertiary/aromatic N) is 2. The number of benzene rings is 3. The largest absolute Gasteiger partial charge is 0.352 e. The maximum atomic E-state index is 14.2. The molecule has 3 aromatic carbocycles. The maximum absolute atomic E-state index is 14.2. The second kappa shape index (κ2) is 13.3. The summed E-state index contributed by atoms with van der Waals surface area (Å²) in [6.07, 6.45) is 5.29. The predicted octanol–water partition coefficient (Wildman–Crippen LogP) is 5.11. The zero-order valence-electron chi connectivity index (χ0n) is 22.9. The number of carbonyl (C=O) groups excluding carboxylic acids is 2. The van der Waals surface area contributed by atoms with Crippen molar-refractivity contribution in [2.45, 2.75) is 57.7 Å². The van der Waals surface area contributed by atoms with Gasteiger partial charge in [0.2, 0.25) is 21.8 Å². The van der Waals surface area contributed by atoms with Gasteiger partial charge in [0.15, 0.2) is 0 Å². The Bertz CT molecular complexity index is 1430. The maximum Gasteiger partial charge on any atom is 0.244 e. The lowest BCUT2D eigenvalue weighted by molar-refractivity contribution is -0.140. The van der Waals surface area contributed by atoms with Gasteiger partial charge in [-0.3, -0.25) is 13.9 Å². The molecular weight excluding hydrogens is 546 g/mol. The topological polar surface area (TPSA) is 86.8 Å². The van der Waals surface area contributed by atoms with E-state index in [0.717, 1.165) is 52.9 Å². The third-order valence-electron chi connectivity index (χ3n) is 7.28. The second-order valence-electron chi connectivity index (χ2n) is 10.4. The van der Waals surface area contributed by atoms with Crippen molar-refractivity contribution in [1.29, 1.82) is 0 Å². The first-order chi connectivity index (χ1) is 19.1. The Balaban J connectivity index is 1.73. The zero-order chi connectivity index (χ0) is 28.7. The minimum absolute atomic E-state index is 0.0633. The van der Waals surface area contributed by atoms with Crippen molar-refractivity contribution >= 4 is 39.1 Å². The monoisotopic (exact) mass is 581 g/mol. The number of anilines is 1. The smallest absolute Gasteiger partial charge is 0.244 e. The Morgan fingerprint density at radius 3 is 2.25 bits per heavy atom. The summed E-state index contributed by atoms with van der Waals surface area (Å²) < 4.78 is 27.0. The van der Waals surface area contributed by atoms with Gasteiger partial charge in [0.1, 0.15) is 12.6 Å².